The summed E-state index contributed by atoms with van der Waals surface area (Å²) in [6.45, 7) is 8.95. The van der Waals surface area contributed by atoms with Crippen LogP contribution in [0.15, 0.2) is 18.2 Å². The molecule has 1 atom stereocenters. The fourth-order valence-electron chi connectivity index (χ4n) is 2.07. The molecule has 0 aliphatic rings. The third-order valence-corrected chi connectivity index (χ3v) is 3.37. The van der Waals surface area contributed by atoms with Crippen LogP contribution in [0.2, 0.25) is 0 Å². The molecule has 0 fully saturated rings. The lowest BCUT2D eigenvalue weighted by Crippen LogP contribution is -2.53. The number of likely N-dealkylation sites (N-methyl/N-ethyl adjacent to an activating group) is 1. The van der Waals surface area contributed by atoms with Gasteiger partial charge >= 0.3 is 0 Å². The van der Waals surface area contributed by atoms with E-state index in [1.54, 1.807) is 0 Å². The van der Waals surface area contributed by atoms with E-state index in [0.717, 1.165) is 16.9 Å². The fourth-order valence-corrected chi connectivity index (χ4v) is 2.07. The zero-order valence-electron chi connectivity index (χ0n) is 12.2. The topological polar surface area (TPSA) is 64.3 Å². The number of nitrogens with two attached hydrogens (primary N) is 1. The van der Waals surface area contributed by atoms with Gasteiger partial charge in [-0.3, -0.25) is 4.79 Å². The van der Waals surface area contributed by atoms with E-state index >= 15 is 0 Å². The number of rotatable bonds is 7. The molecule has 4 nitrogen and oxygen atoms in total. The summed E-state index contributed by atoms with van der Waals surface area (Å²) in [6.07, 6.45) is 0.546. The van der Waals surface area contributed by atoms with Crippen LogP contribution in [0.25, 0.3) is 0 Å². The summed E-state index contributed by atoms with van der Waals surface area (Å²) >= 11 is 0. The Morgan fingerprint density at radius 2 is 1.95 bits per heavy atom. The molecule has 1 rings (SSSR count). The molecule has 1 aromatic carbocycles. The number of hydrogen-bond donors (Lipinski definition) is 2. The Morgan fingerprint density at radius 1 is 1.37 bits per heavy atom. The van der Waals surface area contributed by atoms with Crippen LogP contribution in [-0.2, 0) is 4.79 Å². The van der Waals surface area contributed by atoms with Gasteiger partial charge in [0.1, 0.15) is 5.75 Å². The van der Waals surface area contributed by atoms with E-state index in [4.69, 9.17) is 10.5 Å². The second-order valence-corrected chi connectivity index (χ2v) is 5.05. The van der Waals surface area contributed by atoms with E-state index in [1.165, 1.54) is 0 Å². The number of amides is 1. The van der Waals surface area contributed by atoms with Gasteiger partial charge in [-0.05, 0) is 38.4 Å². The van der Waals surface area contributed by atoms with Gasteiger partial charge in [-0.1, -0.05) is 25.1 Å². The summed E-state index contributed by atoms with van der Waals surface area (Å²) in [5, 5.41) is 3.12. The van der Waals surface area contributed by atoms with Crippen molar-refractivity contribution in [2.45, 2.75) is 39.7 Å². The van der Waals surface area contributed by atoms with Crippen molar-refractivity contribution in [3.8, 4) is 5.75 Å². The lowest BCUT2D eigenvalue weighted by atomic mass is 9.97. The van der Waals surface area contributed by atoms with Gasteiger partial charge in [0.05, 0.1) is 12.1 Å². The molecule has 0 spiro atoms. The van der Waals surface area contributed by atoms with Gasteiger partial charge in [-0.2, -0.15) is 0 Å². The highest BCUT2D eigenvalue weighted by molar-refractivity contribution is 5.84. The Bertz CT molecular complexity index is 426. The zero-order valence-corrected chi connectivity index (χ0v) is 12.2. The number of benzene rings is 1. The van der Waals surface area contributed by atoms with Crippen LogP contribution in [0.4, 0.5) is 0 Å². The average molecular weight is 264 g/mol. The maximum Gasteiger partial charge on any atom is 0.237 e. The molecule has 106 valence electrons. The van der Waals surface area contributed by atoms with E-state index < -0.39 is 5.54 Å². The molecule has 4 heteroatoms. The number of carbonyl (C=O) groups excluding carboxylic acids is 1. The van der Waals surface area contributed by atoms with Crippen LogP contribution in [0, 0.1) is 13.8 Å². The normalized spacial score (nSPS) is 13.9. The minimum Gasteiger partial charge on any atom is -0.493 e. The summed E-state index contributed by atoms with van der Waals surface area (Å²) < 4.78 is 5.81. The molecule has 0 saturated heterocycles. The number of hydrogen-bond acceptors (Lipinski definition) is 3. The van der Waals surface area contributed by atoms with Crippen LogP contribution in [-0.4, -0.2) is 24.6 Å². The first kappa shape index (κ1) is 15.5. The third kappa shape index (κ3) is 3.96. The highest BCUT2D eigenvalue weighted by Crippen LogP contribution is 2.23. The molecule has 0 bridgehead atoms. The minimum atomic E-state index is -0.717. The second kappa shape index (κ2) is 6.57. The first-order chi connectivity index (χ1) is 8.90. The van der Waals surface area contributed by atoms with E-state index in [0.29, 0.717) is 19.6 Å². The maximum absolute atomic E-state index is 11.5. The molecular weight excluding hydrogens is 240 g/mol. The van der Waals surface area contributed by atoms with Crippen molar-refractivity contribution in [3.05, 3.63) is 29.3 Å². The van der Waals surface area contributed by atoms with Gasteiger partial charge in [0.25, 0.3) is 0 Å². The number of nitrogens with one attached hydrogen (secondary N) is 1. The quantitative estimate of drug-likeness (QED) is 0.791. The van der Waals surface area contributed by atoms with Crippen LogP contribution in [0.5, 0.6) is 5.75 Å². The highest BCUT2D eigenvalue weighted by atomic mass is 16.5. The van der Waals surface area contributed by atoms with Crippen molar-refractivity contribution in [2.24, 2.45) is 5.73 Å². The number of aryl methyl sites for hydroxylation is 2. The van der Waals surface area contributed by atoms with E-state index in [-0.39, 0.29) is 5.91 Å². The molecule has 1 amide bonds. The largest absolute Gasteiger partial charge is 0.493 e. The molecule has 0 aromatic heterocycles. The molecule has 0 radical (unpaired) electrons. The fraction of sp³-hybridized carbons (Fsp3) is 0.533. The molecule has 0 heterocycles. The van der Waals surface area contributed by atoms with Gasteiger partial charge in [-0.15, -0.1) is 0 Å². The van der Waals surface area contributed by atoms with Crippen molar-refractivity contribution in [1.82, 2.24) is 5.32 Å². The standard InChI is InChI=1S/C15H24N2O2/c1-5-17-15(4,14(16)18)9-10-19-13-11(2)7-6-8-12(13)3/h6-8,17H,5,9-10H2,1-4H3,(H2,16,18). The van der Waals surface area contributed by atoms with Gasteiger partial charge in [0.15, 0.2) is 0 Å². The summed E-state index contributed by atoms with van der Waals surface area (Å²) in [4.78, 5) is 11.5. The van der Waals surface area contributed by atoms with Crippen molar-refractivity contribution >= 4 is 5.91 Å². The smallest absolute Gasteiger partial charge is 0.237 e. The summed E-state index contributed by atoms with van der Waals surface area (Å²) in [5.41, 5.74) is 6.92. The summed E-state index contributed by atoms with van der Waals surface area (Å²) in [6, 6.07) is 6.03. The van der Waals surface area contributed by atoms with Crippen LogP contribution in [0.3, 0.4) is 0 Å². The number of carbonyl (C=O) groups is 1. The van der Waals surface area contributed by atoms with Gasteiger partial charge in [0.2, 0.25) is 5.91 Å². The average Bonchev–Trinajstić information content (AvgIpc) is 2.33. The van der Waals surface area contributed by atoms with Crippen LogP contribution >= 0.6 is 0 Å². The Balaban J connectivity index is 2.65. The minimum absolute atomic E-state index is 0.348. The molecule has 3 N–H and O–H groups in total. The molecule has 1 unspecified atom stereocenters. The monoisotopic (exact) mass is 264 g/mol. The Labute approximate surface area is 115 Å². The molecule has 0 aliphatic carbocycles. The summed E-state index contributed by atoms with van der Waals surface area (Å²) in [7, 11) is 0. The Kier molecular flexibility index (Phi) is 5.36. The van der Waals surface area contributed by atoms with E-state index in [2.05, 4.69) is 5.32 Å². The van der Waals surface area contributed by atoms with Gasteiger partial charge in [-0.25, -0.2) is 0 Å². The van der Waals surface area contributed by atoms with Crippen molar-refractivity contribution in [1.29, 1.82) is 0 Å². The van der Waals surface area contributed by atoms with Crippen molar-refractivity contribution in [3.63, 3.8) is 0 Å². The molecule has 0 aliphatic heterocycles. The Morgan fingerprint density at radius 3 is 2.42 bits per heavy atom. The molecule has 19 heavy (non-hydrogen) atoms. The predicted molar refractivity (Wildman–Crippen MR) is 77.3 cm³/mol. The van der Waals surface area contributed by atoms with Crippen molar-refractivity contribution < 1.29 is 9.53 Å². The van der Waals surface area contributed by atoms with Gasteiger partial charge < -0.3 is 15.8 Å². The summed E-state index contributed by atoms with van der Waals surface area (Å²) in [5.74, 6) is 0.547. The lowest BCUT2D eigenvalue weighted by molar-refractivity contribution is -0.124. The molecule has 0 saturated carbocycles. The lowest BCUT2D eigenvalue weighted by Gasteiger charge is -2.27. The zero-order chi connectivity index (χ0) is 14.5. The van der Waals surface area contributed by atoms with Gasteiger partial charge in [0, 0.05) is 6.42 Å². The van der Waals surface area contributed by atoms with E-state index in [9.17, 15) is 4.79 Å². The number of ether oxygens (including phenoxy) is 1. The second-order valence-electron chi connectivity index (χ2n) is 5.05. The molecular formula is C15H24N2O2. The maximum atomic E-state index is 11.5. The number of para-hydroxylation sites is 1. The van der Waals surface area contributed by atoms with E-state index in [1.807, 2.05) is 45.9 Å². The molecule has 1 aromatic rings. The SMILES string of the molecule is CCNC(C)(CCOc1c(C)cccc1C)C(N)=O. The first-order valence-electron chi connectivity index (χ1n) is 6.64. The number of primary amides is 1. The first-order valence-corrected chi connectivity index (χ1v) is 6.64. The van der Waals surface area contributed by atoms with Crippen molar-refractivity contribution in [2.75, 3.05) is 13.2 Å². The Hall–Kier alpha value is -1.55. The van der Waals surface area contributed by atoms with Crippen LogP contribution < -0.4 is 15.8 Å². The third-order valence-electron chi connectivity index (χ3n) is 3.37. The van der Waals surface area contributed by atoms with Crippen LogP contribution in [0.1, 0.15) is 31.4 Å². The highest BCUT2D eigenvalue weighted by Gasteiger charge is 2.29. The predicted octanol–water partition coefficient (Wildman–Crippen LogP) is 1.93.